The third-order valence-corrected chi connectivity index (χ3v) is 16.9. The summed E-state index contributed by atoms with van der Waals surface area (Å²) in [6, 6.07) is -0.857. The van der Waals surface area contributed by atoms with Crippen LogP contribution in [-0.4, -0.2) is 74.3 Å². The van der Waals surface area contributed by atoms with Crippen molar-refractivity contribution in [3.63, 3.8) is 0 Å². The van der Waals surface area contributed by atoms with Crippen molar-refractivity contribution >= 4 is 19.7 Å². The fraction of sp³-hybridized carbons (Fsp3) is 0.836. The quantitative estimate of drug-likeness (QED) is 0.0205. The molecule has 0 saturated heterocycles. The molecule has 0 bridgehead atoms. The van der Waals surface area contributed by atoms with Gasteiger partial charge in [-0.2, -0.15) is 0 Å². The number of phosphoric acid groups is 1. The number of hydrogen-bond acceptors (Lipinski definition) is 6. The third-order valence-electron chi connectivity index (χ3n) is 16.0. The number of nitrogens with one attached hydrogen (secondary N) is 1. The van der Waals surface area contributed by atoms with Crippen molar-refractivity contribution < 1.29 is 37.3 Å². The Bertz CT molecular complexity index is 1600. The second-order valence-corrected chi connectivity index (χ2v) is 26.9. The molecule has 3 atom stereocenters. The minimum Gasteiger partial charge on any atom is -0.456 e. The van der Waals surface area contributed by atoms with E-state index in [1.807, 2.05) is 33.3 Å². The van der Waals surface area contributed by atoms with Gasteiger partial charge in [-0.15, -0.1) is 0 Å². The van der Waals surface area contributed by atoms with Crippen LogP contribution in [0.5, 0.6) is 0 Å². The van der Waals surface area contributed by atoms with Crippen LogP contribution in [0.25, 0.3) is 0 Å². The monoisotopic (exact) mass is 1190 g/mol. The standard InChI is InChI=1S/C73H137N2O7P/c1-7-10-13-16-19-22-25-28-30-32-34-36-37-39-40-42-44-47-50-53-56-59-62-65-72(76)74-70(69-81-83(78,79)80-68-67-75(4,5)6)71(64-61-58-55-52-49-46-27-24-21-18-15-12-9-3)82-73(77)66-63-60-57-54-51-48-45-43-41-38-35-33-31-29-26-23-20-17-14-11-8-2/h20,23,29,31,35,38,43,45,61,64,70-71H,7-19,21-22,24-28,30,32-34,36-37,39-42,44,46-60,62-63,65-69H2,1-6H3,(H-,74,76,78,79)/p+1/b23-20-,31-29-,38-35-,45-43-,64-61+. The summed E-state index contributed by atoms with van der Waals surface area (Å²) in [5.74, 6) is -0.511. The average molecular weight is 1190 g/mol. The minimum absolute atomic E-state index is 0.0374. The maximum atomic E-state index is 13.6. The summed E-state index contributed by atoms with van der Waals surface area (Å²) in [4.78, 5) is 37.9. The minimum atomic E-state index is -4.46. The lowest BCUT2D eigenvalue weighted by Gasteiger charge is -2.27. The number of carbonyl (C=O) groups is 2. The molecule has 0 aliphatic heterocycles. The molecule has 0 aliphatic rings. The van der Waals surface area contributed by atoms with E-state index in [2.05, 4.69) is 74.7 Å². The van der Waals surface area contributed by atoms with E-state index in [1.165, 1.54) is 212 Å². The van der Waals surface area contributed by atoms with Crippen molar-refractivity contribution in [1.82, 2.24) is 5.32 Å². The molecular weight excluding hydrogens is 1050 g/mol. The molecule has 83 heavy (non-hydrogen) atoms. The topological polar surface area (TPSA) is 111 Å². The predicted molar refractivity (Wildman–Crippen MR) is 360 cm³/mol. The lowest BCUT2D eigenvalue weighted by molar-refractivity contribution is -0.870. The van der Waals surface area contributed by atoms with Gasteiger partial charge in [0.1, 0.15) is 19.3 Å². The van der Waals surface area contributed by atoms with Crippen LogP contribution in [0.3, 0.4) is 0 Å². The summed E-state index contributed by atoms with van der Waals surface area (Å²) >= 11 is 0. The molecule has 0 fully saturated rings. The molecule has 9 nitrogen and oxygen atoms in total. The second kappa shape index (κ2) is 62.8. The highest BCUT2D eigenvalue weighted by molar-refractivity contribution is 7.47. The lowest BCUT2D eigenvalue weighted by atomic mass is 10.0. The highest BCUT2D eigenvalue weighted by Crippen LogP contribution is 2.43. The molecule has 2 N–H and O–H groups in total. The molecule has 0 radical (unpaired) electrons. The van der Waals surface area contributed by atoms with Gasteiger partial charge in [-0.3, -0.25) is 18.6 Å². The highest BCUT2D eigenvalue weighted by Gasteiger charge is 2.30. The number of likely N-dealkylation sites (N-methyl/N-ethyl adjacent to an activating group) is 1. The molecule has 10 heteroatoms. The molecule has 0 aromatic carbocycles. The van der Waals surface area contributed by atoms with Gasteiger partial charge in [0.2, 0.25) is 5.91 Å². The van der Waals surface area contributed by atoms with E-state index in [0.717, 1.165) is 96.3 Å². The molecule has 1 amide bonds. The van der Waals surface area contributed by atoms with Crippen molar-refractivity contribution in [2.24, 2.45) is 0 Å². The van der Waals surface area contributed by atoms with E-state index >= 15 is 0 Å². The Hall–Kier alpha value is -2.29. The molecule has 0 aromatic heterocycles. The summed E-state index contributed by atoms with van der Waals surface area (Å²) in [7, 11) is 1.49. The van der Waals surface area contributed by atoms with Gasteiger partial charge >= 0.3 is 13.8 Å². The smallest absolute Gasteiger partial charge is 0.456 e. The Morgan fingerprint density at radius 3 is 1.12 bits per heavy atom. The third kappa shape index (κ3) is 64.0. The number of rotatable bonds is 65. The molecule has 0 saturated carbocycles. The van der Waals surface area contributed by atoms with E-state index in [0.29, 0.717) is 17.4 Å². The number of allylic oxidation sites excluding steroid dienone is 9. The fourth-order valence-corrected chi connectivity index (χ4v) is 11.2. The van der Waals surface area contributed by atoms with Crippen molar-refractivity contribution in [2.75, 3.05) is 40.9 Å². The molecule has 0 rings (SSSR count). The zero-order chi connectivity index (χ0) is 60.7. The largest absolute Gasteiger partial charge is 0.472 e. The van der Waals surface area contributed by atoms with Gasteiger partial charge in [-0.05, 0) is 76.7 Å². The number of ether oxygens (including phenoxy) is 1. The van der Waals surface area contributed by atoms with E-state index in [1.54, 1.807) is 0 Å². The highest BCUT2D eigenvalue weighted by atomic mass is 31.2. The number of unbranched alkanes of at least 4 members (excludes halogenated alkanes) is 41. The second-order valence-electron chi connectivity index (χ2n) is 25.4. The fourth-order valence-electron chi connectivity index (χ4n) is 10.5. The maximum absolute atomic E-state index is 13.6. The first-order chi connectivity index (χ1) is 40.4. The summed E-state index contributed by atoms with van der Waals surface area (Å²) < 4.78 is 30.8. The first-order valence-corrected chi connectivity index (χ1v) is 37.1. The SMILES string of the molecule is CCCCC/C=C\C/C=C\C/C=C\C/C=C\CCCCCCCC(=O)OC(/C=C/CCCCCCCCCCCCC)C(COP(=O)(O)OCC[N+](C)(C)C)NC(=O)CCCCCCCCCCCCCCCCCCCCCCCCC. The van der Waals surface area contributed by atoms with Crippen molar-refractivity contribution in [3.05, 3.63) is 60.8 Å². The van der Waals surface area contributed by atoms with Gasteiger partial charge < -0.3 is 19.4 Å². The van der Waals surface area contributed by atoms with Crippen LogP contribution >= 0.6 is 7.82 Å². The van der Waals surface area contributed by atoms with Crippen LogP contribution in [0.4, 0.5) is 0 Å². The Kier molecular flexibility index (Phi) is 61.0. The van der Waals surface area contributed by atoms with Gasteiger partial charge in [0.05, 0.1) is 33.8 Å². The van der Waals surface area contributed by atoms with E-state index in [4.69, 9.17) is 13.8 Å². The first kappa shape index (κ1) is 80.7. The average Bonchev–Trinajstić information content (AvgIpc) is 3.47. The van der Waals surface area contributed by atoms with Crippen LogP contribution in [0, 0.1) is 0 Å². The zero-order valence-electron chi connectivity index (χ0n) is 55.7. The predicted octanol–water partition coefficient (Wildman–Crippen LogP) is 22.6. The summed E-state index contributed by atoms with van der Waals surface area (Å²) in [6.07, 6.45) is 80.8. The number of esters is 1. The number of hydrogen-bond donors (Lipinski definition) is 2. The molecule has 486 valence electrons. The van der Waals surface area contributed by atoms with Crippen molar-refractivity contribution in [2.45, 2.75) is 354 Å². The van der Waals surface area contributed by atoms with Crippen LogP contribution in [0.15, 0.2) is 60.8 Å². The number of carbonyl (C=O) groups excluding carboxylic acids is 2. The summed E-state index contributed by atoms with van der Waals surface area (Å²) in [5, 5.41) is 3.07. The van der Waals surface area contributed by atoms with E-state index in [-0.39, 0.29) is 31.5 Å². The van der Waals surface area contributed by atoms with Gasteiger partial charge in [0, 0.05) is 12.8 Å². The van der Waals surface area contributed by atoms with Crippen molar-refractivity contribution in [1.29, 1.82) is 0 Å². The zero-order valence-corrected chi connectivity index (χ0v) is 56.6. The Morgan fingerprint density at radius 1 is 0.422 bits per heavy atom. The number of nitrogens with zero attached hydrogens (tertiary/aromatic N) is 1. The first-order valence-electron chi connectivity index (χ1n) is 35.6. The molecule has 0 heterocycles. The Morgan fingerprint density at radius 2 is 0.735 bits per heavy atom. The van der Waals surface area contributed by atoms with Crippen LogP contribution in [0.2, 0.25) is 0 Å². The van der Waals surface area contributed by atoms with Crippen LogP contribution in [-0.2, 0) is 27.9 Å². The Labute approximate surface area is 515 Å². The van der Waals surface area contributed by atoms with Gasteiger partial charge in [0.25, 0.3) is 0 Å². The molecule has 0 spiro atoms. The maximum Gasteiger partial charge on any atom is 0.472 e. The van der Waals surface area contributed by atoms with E-state index in [9.17, 15) is 19.0 Å². The molecular formula is C73H138N2O7P+. The van der Waals surface area contributed by atoms with Crippen molar-refractivity contribution in [3.8, 4) is 0 Å². The lowest BCUT2D eigenvalue weighted by Crippen LogP contribution is -2.47. The summed E-state index contributed by atoms with van der Waals surface area (Å²) in [6.45, 7) is 7.02. The van der Waals surface area contributed by atoms with Gasteiger partial charge in [-0.25, -0.2) is 4.57 Å². The van der Waals surface area contributed by atoms with Gasteiger partial charge in [-0.1, -0.05) is 313 Å². The van der Waals surface area contributed by atoms with E-state index < -0.39 is 20.0 Å². The normalized spacial score (nSPS) is 13.9. The molecule has 0 aliphatic carbocycles. The Balaban J connectivity index is 5.14. The van der Waals surface area contributed by atoms with Crippen LogP contribution < -0.4 is 5.32 Å². The summed E-state index contributed by atoms with van der Waals surface area (Å²) in [5.41, 5.74) is 0. The number of phosphoric ester groups is 1. The number of quaternary nitrogens is 1. The number of amides is 1. The van der Waals surface area contributed by atoms with Crippen LogP contribution in [0.1, 0.15) is 342 Å². The molecule has 3 unspecified atom stereocenters. The molecule has 0 aromatic rings. The van der Waals surface area contributed by atoms with Gasteiger partial charge in [0.15, 0.2) is 0 Å².